The second kappa shape index (κ2) is 3.35. The average Bonchev–Trinajstić information content (AvgIpc) is 2.14. The van der Waals surface area contributed by atoms with Crippen LogP contribution < -0.4 is 5.84 Å². The normalized spacial score (nSPS) is 35.1. The van der Waals surface area contributed by atoms with Crippen molar-refractivity contribution in [3.63, 3.8) is 0 Å². The zero-order chi connectivity index (χ0) is 7.56. The van der Waals surface area contributed by atoms with Crippen LogP contribution in [0, 0.1) is 5.92 Å². The van der Waals surface area contributed by atoms with Crippen molar-refractivity contribution in [2.45, 2.75) is 39.2 Å². The summed E-state index contributed by atoms with van der Waals surface area (Å²) >= 11 is 0. The molecule has 2 N–H and O–H groups in total. The summed E-state index contributed by atoms with van der Waals surface area (Å²) in [6, 6.07) is 0.608. The first kappa shape index (κ1) is 8.02. The maximum atomic E-state index is 5.73. The van der Waals surface area contributed by atoms with E-state index in [0.29, 0.717) is 6.04 Å². The fraction of sp³-hybridized carbons (Fsp3) is 1.00. The van der Waals surface area contributed by atoms with Gasteiger partial charge in [-0.1, -0.05) is 13.3 Å². The van der Waals surface area contributed by atoms with Crippen molar-refractivity contribution in [2.75, 3.05) is 6.54 Å². The van der Waals surface area contributed by atoms with Gasteiger partial charge >= 0.3 is 0 Å². The van der Waals surface area contributed by atoms with Crippen LogP contribution in [0.3, 0.4) is 0 Å². The summed E-state index contributed by atoms with van der Waals surface area (Å²) < 4.78 is 0. The molecule has 2 atom stereocenters. The molecule has 1 rings (SSSR count). The molecule has 2 heteroatoms. The predicted octanol–water partition coefficient (Wildman–Crippen LogP) is 1.37. The minimum atomic E-state index is 0.608. The quantitative estimate of drug-likeness (QED) is 0.590. The van der Waals surface area contributed by atoms with Gasteiger partial charge < -0.3 is 0 Å². The largest absolute Gasteiger partial charge is 0.269 e. The van der Waals surface area contributed by atoms with Crippen LogP contribution in [0.2, 0.25) is 0 Å². The van der Waals surface area contributed by atoms with E-state index in [9.17, 15) is 0 Å². The van der Waals surface area contributed by atoms with Crippen molar-refractivity contribution in [2.24, 2.45) is 11.8 Å². The number of hydrogen-bond acceptors (Lipinski definition) is 2. The molecule has 0 spiro atoms. The minimum Gasteiger partial charge on any atom is -0.269 e. The Labute approximate surface area is 63.4 Å². The molecule has 0 saturated carbocycles. The lowest BCUT2D eigenvalue weighted by molar-refractivity contribution is 0.272. The van der Waals surface area contributed by atoms with Crippen LogP contribution in [-0.4, -0.2) is 17.6 Å². The highest BCUT2D eigenvalue weighted by molar-refractivity contribution is 4.78. The Morgan fingerprint density at radius 1 is 1.60 bits per heavy atom. The van der Waals surface area contributed by atoms with Gasteiger partial charge in [0.1, 0.15) is 0 Å². The van der Waals surface area contributed by atoms with E-state index in [1.54, 1.807) is 0 Å². The van der Waals surface area contributed by atoms with Crippen molar-refractivity contribution in [1.29, 1.82) is 0 Å². The Kier molecular flexibility index (Phi) is 2.69. The van der Waals surface area contributed by atoms with Crippen LogP contribution in [0.25, 0.3) is 0 Å². The van der Waals surface area contributed by atoms with Crippen LogP contribution in [-0.2, 0) is 0 Å². The number of hydrazine groups is 1. The number of nitrogens with two attached hydrogens (primary N) is 1. The Morgan fingerprint density at radius 3 is 2.70 bits per heavy atom. The Hall–Kier alpha value is -0.0800. The molecular formula is C8H18N2. The van der Waals surface area contributed by atoms with Gasteiger partial charge in [0.2, 0.25) is 0 Å². The minimum absolute atomic E-state index is 0.608. The van der Waals surface area contributed by atoms with E-state index in [4.69, 9.17) is 5.84 Å². The SMILES string of the molecule is CCCC1C[C@@H](C)N(N)C1. The predicted molar refractivity (Wildman–Crippen MR) is 43.4 cm³/mol. The molecule has 2 nitrogen and oxygen atoms in total. The monoisotopic (exact) mass is 142 g/mol. The van der Waals surface area contributed by atoms with Crippen LogP contribution in [0.1, 0.15) is 33.1 Å². The summed E-state index contributed by atoms with van der Waals surface area (Å²) in [6.07, 6.45) is 3.94. The highest BCUT2D eigenvalue weighted by atomic mass is 15.4. The van der Waals surface area contributed by atoms with Crippen LogP contribution in [0.4, 0.5) is 0 Å². The summed E-state index contributed by atoms with van der Waals surface area (Å²) in [7, 11) is 0. The van der Waals surface area contributed by atoms with E-state index in [0.717, 1.165) is 12.5 Å². The van der Waals surface area contributed by atoms with Gasteiger partial charge in [-0.3, -0.25) is 5.84 Å². The summed E-state index contributed by atoms with van der Waals surface area (Å²) in [5, 5.41) is 1.97. The molecule has 1 saturated heterocycles. The molecule has 1 aliphatic rings. The number of nitrogens with zero attached hydrogens (tertiary/aromatic N) is 1. The molecular weight excluding hydrogens is 124 g/mol. The summed E-state index contributed by atoms with van der Waals surface area (Å²) in [5.74, 6) is 6.60. The first-order valence-electron chi connectivity index (χ1n) is 4.25. The maximum absolute atomic E-state index is 5.73. The van der Waals surface area contributed by atoms with Gasteiger partial charge in [-0.15, -0.1) is 0 Å². The Morgan fingerprint density at radius 2 is 2.30 bits per heavy atom. The molecule has 0 aliphatic carbocycles. The van der Waals surface area contributed by atoms with Crippen molar-refractivity contribution in [3.8, 4) is 0 Å². The lowest BCUT2D eigenvalue weighted by Gasteiger charge is -2.12. The van der Waals surface area contributed by atoms with Gasteiger partial charge in [0.15, 0.2) is 0 Å². The van der Waals surface area contributed by atoms with Crippen molar-refractivity contribution in [3.05, 3.63) is 0 Å². The smallest absolute Gasteiger partial charge is 0.0216 e. The fourth-order valence-electron chi connectivity index (χ4n) is 1.79. The lowest BCUT2D eigenvalue weighted by atomic mass is 10.0. The molecule has 0 radical (unpaired) electrons. The standard InChI is InChI=1S/C8H18N2/c1-3-4-8-5-7(2)10(9)6-8/h7-8H,3-6,9H2,1-2H3/t7-,8?/m1/s1. The average molecular weight is 142 g/mol. The van der Waals surface area contributed by atoms with E-state index in [-0.39, 0.29) is 0 Å². The molecule has 1 unspecified atom stereocenters. The van der Waals surface area contributed by atoms with Gasteiger partial charge in [-0.25, -0.2) is 5.01 Å². The van der Waals surface area contributed by atoms with Gasteiger partial charge in [-0.2, -0.15) is 0 Å². The third-order valence-electron chi connectivity index (χ3n) is 2.41. The maximum Gasteiger partial charge on any atom is 0.0216 e. The molecule has 1 heterocycles. The first-order valence-corrected chi connectivity index (χ1v) is 4.25. The third-order valence-corrected chi connectivity index (χ3v) is 2.41. The number of rotatable bonds is 2. The number of hydrogen-bond donors (Lipinski definition) is 1. The summed E-state index contributed by atoms with van der Waals surface area (Å²) in [5.41, 5.74) is 0. The summed E-state index contributed by atoms with van der Waals surface area (Å²) in [4.78, 5) is 0. The molecule has 10 heavy (non-hydrogen) atoms. The van der Waals surface area contributed by atoms with Gasteiger partial charge in [0.25, 0.3) is 0 Å². The van der Waals surface area contributed by atoms with Crippen LogP contribution in [0.5, 0.6) is 0 Å². The van der Waals surface area contributed by atoms with Crippen molar-refractivity contribution < 1.29 is 0 Å². The molecule has 60 valence electrons. The molecule has 0 aromatic carbocycles. The Bertz CT molecular complexity index is 93.4. The van der Waals surface area contributed by atoms with E-state index >= 15 is 0 Å². The van der Waals surface area contributed by atoms with Gasteiger partial charge in [0.05, 0.1) is 0 Å². The van der Waals surface area contributed by atoms with E-state index in [1.807, 2.05) is 5.01 Å². The van der Waals surface area contributed by atoms with Crippen molar-refractivity contribution in [1.82, 2.24) is 5.01 Å². The molecule has 1 fully saturated rings. The second-order valence-electron chi connectivity index (χ2n) is 3.44. The third kappa shape index (κ3) is 1.70. The molecule has 0 amide bonds. The van der Waals surface area contributed by atoms with E-state index in [1.165, 1.54) is 19.3 Å². The van der Waals surface area contributed by atoms with Gasteiger partial charge in [-0.05, 0) is 25.7 Å². The van der Waals surface area contributed by atoms with Crippen LogP contribution in [0.15, 0.2) is 0 Å². The zero-order valence-electron chi connectivity index (χ0n) is 7.01. The van der Waals surface area contributed by atoms with Gasteiger partial charge in [0, 0.05) is 12.6 Å². The Balaban J connectivity index is 2.27. The highest BCUT2D eigenvalue weighted by Gasteiger charge is 2.25. The molecule has 1 aliphatic heterocycles. The topological polar surface area (TPSA) is 29.3 Å². The molecule has 0 bridgehead atoms. The highest BCUT2D eigenvalue weighted by Crippen LogP contribution is 2.23. The summed E-state index contributed by atoms with van der Waals surface area (Å²) in [6.45, 7) is 5.55. The van der Waals surface area contributed by atoms with Crippen LogP contribution >= 0.6 is 0 Å². The fourth-order valence-corrected chi connectivity index (χ4v) is 1.79. The lowest BCUT2D eigenvalue weighted by Crippen LogP contribution is -2.33. The van der Waals surface area contributed by atoms with E-state index < -0.39 is 0 Å². The van der Waals surface area contributed by atoms with E-state index in [2.05, 4.69) is 13.8 Å². The first-order chi connectivity index (χ1) is 4.74. The molecule has 0 aromatic rings. The molecule has 0 aromatic heterocycles. The van der Waals surface area contributed by atoms with Crippen molar-refractivity contribution >= 4 is 0 Å². The second-order valence-corrected chi connectivity index (χ2v) is 3.44. The zero-order valence-corrected chi connectivity index (χ0v) is 7.01.